The topological polar surface area (TPSA) is 104 Å². The number of methoxy groups -OCH3 is 1. The summed E-state index contributed by atoms with van der Waals surface area (Å²) in [4.78, 5) is 22.2. The maximum absolute atomic E-state index is 11.5. The summed E-state index contributed by atoms with van der Waals surface area (Å²) < 4.78 is 4.28. The molecule has 1 rings (SSSR count). The Hall–Kier alpha value is -2.50. The summed E-state index contributed by atoms with van der Waals surface area (Å²) >= 11 is 0. The molecule has 0 amide bonds. The van der Waals surface area contributed by atoms with Crippen LogP contribution in [0.15, 0.2) is 24.3 Å². The number of ether oxygens (including phenoxy) is 1. The Kier molecular flexibility index (Phi) is 3.71. The maximum Gasteiger partial charge on any atom is 0.330 e. The molecule has 0 atom stereocenters. The summed E-state index contributed by atoms with van der Waals surface area (Å²) in [6, 6.07) is 2.17. The van der Waals surface area contributed by atoms with Crippen molar-refractivity contribution in [3.63, 3.8) is 0 Å². The second-order valence-corrected chi connectivity index (χ2v) is 3.05. The molecular weight excluding hydrogens is 228 g/mol. The number of rotatable bonds is 3. The molecule has 6 heteroatoms. The number of phenols is 3. The summed E-state index contributed by atoms with van der Waals surface area (Å²) in [6.07, 6.45) is 1.77. The highest BCUT2D eigenvalue weighted by atomic mass is 16.5. The third-order valence-electron chi connectivity index (χ3n) is 1.97. The van der Waals surface area contributed by atoms with Crippen LogP contribution in [-0.4, -0.2) is 34.2 Å². The molecule has 1 aromatic rings. The van der Waals surface area contributed by atoms with E-state index in [4.69, 9.17) is 5.11 Å². The second kappa shape index (κ2) is 5.02. The van der Waals surface area contributed by atoms with Gasteiger partial charge in [-0.2, -0.15) is 0 Å². The fraction of sp³-hybridized carbons (Fsp3) is 0.0909. The average molecular weight is 238 g/mol. The summed E-state index contributed by atoms with van der Waals surface area (Å²) in [7, 11) is 1.15. The first-order valence-corrected chi connectivity index (χ1v) is 4.51. The molecule has 90 valence electrons. The van der Waals surface area contributed by atoms with E-state index in [1.807, 2.05) is 0 Å². The quantitative estimate of drug-likeness (QED) is 0.310. The Morgan fingerprint density at radius 1 is 1.12 bits per heavy atom. The third kappa shape index (κ3) is 2.75. The zero-order chi connectivity index (χ0) is 13.0. The smallest absolute Gasteiger partial charge is 0.330 e. The van der Waals surface area contributed by atoms with Crippen molar-refractivity contribution in [3.8, 4) is 17.2 Å². The minimum atomic E-state index is -0.790. The van der Waals surface area contributed by atoms with Crippen LogP contribution < -0.4 is 0 Å². The van der Waals surface area contributed by atoms with Gasteiger partial charge in [-0.1, -0.05) is 0 Å². The van der Waals surface area contributed by atoms with Crippen molar-refractivity contribution in [2.24, 2.45) is 0 Å². The molecule has 0 spiro atoms. The lowest BCUT2D eigenvalue weighted by atomic mass is 10.1. The first kappa shape index (κ1) is 12.6. The van der Waals surface area contributed by atoms with Crippen molar-refractivity contribution >= 4 is 11.8 Å². The van der Waals surface area contributed by atoms with Gasteiger partial charge < -0.3 is 20.1 Å². The molecule has 0 unspecified atom stereocenters. The predicted octanol–water partition coefficient (Wildman–Crippen LogP) is 0.715. The van der Waals surface area contributed by atoms with Crippen LogP contribution >= 0.6 is 0 Å². The second-order valence-electron chi connectivity index (χ2n) is 3.05. The summed E-state index contributed by atoms with van der Waals surface area (Å²) in [5.41, 5.74) is -0.236. The van der Waals surface area contributed by atoms with Crippen LogP contribution in [0.4, 0.5) is 0 Å². The number of carbonyl (C=O) groups excluding carboxylic acids is 2. The standard InChI is InChI=1S/C11H10O6/c1-17-9(14)5-4-7(12)6-2-3-8(13)11(16)10(6)15/h2-5,13,15-16H,1H3/b5-4+. The van der Waals surface area contributed by atoms with Gasteiger partial charge in [0, 0.05) is 6.08 Å². The lowest BCUT2D eigenvalue weighted by molar-refractivity contribution is -0.134. The predicted molar refractivity (Wildman–Crippen MR) is 56.9 cm³/mol. The monoisotopic (exact) mass is 238 g/mol. The fourth-order valence-corrected chi connectivity index (χ4v) is 1.07. The lowest BCUT2D eigenvalue weighted by Gasteiger charge is -2.04. The number of hydrogen-bond donors (Lipinski definition) is 3. The van der Waals surface area contributed by atoms with Crippen molar-refractivity contribution in [1.29, 1.82) is 0 Å². The van der Waals surface area contributed by atoms with Gasteiger partial charge >= 0.3 is 5.97 Å². The zero-order valence-electron chi connectivity index (χ0n) is 8.88. The molecular formula is C11H10O6. The van der Waals surface area contributed by atoms with Gasteiger partial charge in [0.2, 0.25) is 5.75 Å². The van der Waals surface area contributed by atoms with Crippen LogP contribution in [0.3, 0.4) is 0 Å². The van der Waals surface area contributed by atoms with E-state index in [0.717, 1.165) is 31.4 Å². The highest BCUT2D eigenvalue weighted by molar-refractivity contribution is 6.09. The van der Waals surface area contributed by atoms with E-state index < -0.39 is 29.0 Å². The minimum absolute atomic E-state index is 0.236. The number of benzene rings is 1. The van der Waals surface area contributed by atoms with E-state index in [0.29, 0.717) is 0 Å². The van der Waals surface area contributed by atoms with Gasteiger partial charge in [0.05, 0.1) is 12.7 Å². The Morgan fingerprint density at radius 3 is 2.35 bits per heavy atom. The minimum Gasteiger partial charge on any atom is -0.504 e. The van der Waals surface area contributed by atoms with Crippen LogP contribution in [-0.2, 0) is 9.53 Å². The SMILES string of the molecule is COC(=O)/C=C/C(=O)c1ccc(O)c(O)c1O. The number of esters is 1. The molecule has 0 aliphatic rings. The Labute approximate surface area is 96.4 Å². The van der Waals surface area contributed by atoms with Gasteiger partial charge in [-0.15, -0.1) is 0 Å². The van der Waals surface area contributed by atoms with Crippen LogP contribution in [0.25, 0.3) is 0 Å². The van der Waals surface area contributed by atoms with Gasteiger partial charge in [0.1, 0.15) is 0 Å². The van der Waals surface area contributed by atoms with E-state index in [-0.39, 0.29) is 5.56 Å². The molecule has 0 bridgehead atoms. The van der Waals surface area contributed by atoms with Gasteiger partial charge in [-0.3, -0.25) is 4.79 Å². The van der Waals surface area contributed by atoms with E-state index in [1.165, 1.54) is 0 Å². The van der Waals surface area contributed by atoms with Crippen LogP contribution in [0.1, 0.15) is 10.4 Å². The van der Waals surface area contributed by atoms with Crippen molar-refractivity contribution in [2.75, 3.05) is 7.11 Å². The molecule has 0 heterocycles. The van der Waals surface area contributed by atoms with Gasteiger partial charge in [-0.05, 0) is 18.2 Å². The molecule has 0 saturated heterocycles. The van der Waals surface area contributed by atoms with Gasteiger partial charge in [0.15, 0.2) is 17.3 Å². The van der Waals surface area contributed by atoms with E-state index >= 15 is 0 Å². The highest BCUT2D eigenvalue weighted by Crippen LogP contribution is 2.37. The number of ketones is 1. The maximum atomic E-state index is 11.5. The number of carbonyl (C=O) groups is 2. The van der Waals surface area contributed by atoms with E-state index in [2.05, 4.69) is 4.74 Å². The summed E-state index contributed by atoms with van der Waals surface area (Å²) in [5.74, 6) is -3.51. The fourth-order valence-electron chi connectivity index (χ4n) is 1.07. The van der Waals surface area contributed by atoms with Crippen molar-refractivity contribution in [3.05, 3.63) is 29.8 Å². The third-order valence-corrected chi connectivity index (χ3v) is 1.97. The summed E-state index contributed by atoms with van der Waals surface area (Å²) in [5, 5.41) is 27.6. The molecule has 0 aromatic heterocycles. The first-order chi connectivity index (χ1) is 7.97. The van der Waals surface area contributed by atoms with E-state index in [1.54, 1.807) is 0 Å². The molecule has 0 saturated carbocycles. The molecule has 0 aliphatic carbocycles. The van der Waals surface area contributed by atoms with E-state index in [9.17, 15) is 19.8 Å². The Bertz CT molecular complexity index is 489. The molecule has 3 N–H and O–H groups in total. The molecule has 6 nitrogen and oxygen atoms in total. The molecule has 0 aliphatic heterocycles. The zero-order valence-corrected chi connectivity index (χ0v) is 8.88. The van der Waals surface area contributed by atoms with Gasteiger partial charge in [0.25, 0.3) is 0 Å². The number of phenolic OH excluding ortho intramolecular Hbond substituents is 3. The van der Waals surface area contributed by atoms with Crippen molar-refractivity contribution in [2.45, 2.75) is 0 Å². The van der Waals surface area contributed by atoms with Crippen LogP contribution in [0.2, 0.25) is 0 Å². The van der Waals surface area contributed by atoms with Gasteiger partial charge in [-0.25, -0.2) is 4.79 Å². The number of allylic oxidation sites excluding steroid dienone is 1. The first-order valence-electron chi connectivity index (χ1n) is 4.51. The summed E-state index contributed by atoms with van der Waals surface area (Å²) in [6.45, 7) is 0. The number of aromatic hydroxyl groups is 3. The normalized spacial score (nSPS) is 10.4. The number of hydrogen-bond acceptors (Lipinski definition) is 6. The van der Waals surface area contributed by atoms with Crippen LogP contribution in [0.5, 0.6) is 17.2 Å². The Balaban J connectivity index is 3.02. The molecule has 0 radical (unpaired) electrons. The Morgan fingerprint density at radius 2 is 1.76 bits per heavy atom. The molecule has 17 heavy (non-hydrogen) atoms. The van der Waals surface area contributed by atoms with Crippen molar-refractivity contribution in [1.82, 2.24) is 0 Å². The molecule has 0 fully saturated rings. The lowest BCUT2D eigenvalue weighted by Crippen LogP contribution is -1.99. The largest absolute Gasteiger partial charge is 0.504 e. The average Bonchev–Trinajstić information content (AvgIpc) is 2.32. The van der Waals surface area contributed by atoms with Crippen molar-refractivity contribution < 1.29 is 29.6 Å². The molecule has 1 aromatic carbocycles. The highest BCUT2D eigenvalue weighted by Gasteiger charge is 2.15. The van der Waals surface area contributed by atoms with Crippen LogP contribution in [0, 0.1) is 0 Å².